The van der Waals surface area contributed by atoms with Crippen LogP contribution < -0.4 is 5.32 Å². The summed E-state index contributed by atoms with van der Waals surface area (Å²) in [5.74, 6) is 0. The molecular formula is C12H22N2O2S. The predicted molar refractivity (Wildman–Crippen MR) is 70.7 cm³/mol. The highest BCUT2D eigenvalue weighted by molar-refractivity contribution is 7.09. The van der Waals surface area contributed by atoms with Crippen LogP contribution in [-0.4, -0.2) is 45.0 Å². The molecule has 1 rings (SSSR count). The topological polar surface area (TPSA) is 43.4 Å². The molecule has 5 heteroatoms. The van der Waals surface area contributed by atoms with Crippen LogP contribution in [0.4, 0.5) is 0 Å². The van der Waals surface area contributed by atoms with Crippen LogP contribution in [0.1, 0.15) is 17.1 Å². The molecule has 0 bridgehead atoms. The van der Waals surface area contributed by atoms with Gasteiger partial charge in [-0.1, -0.05) is 0 Å². The van der Waals surface area contributed by atoms with Gasteiger partial charge in [-0.25, -0.2) is 4.98 Å². The summed E-state index contributed by atoms with van der Waals surface area (Å²) in [5, 5.41) is 6.66. The van der Waals surface area contributed by atoms with Crippen molar-refractivity contribution in [3.05, 3.63) is 16.1 Å². The summed E-state index contributed by atoms with van der Waals surface area (Å²) < 4.78 is 10.3. The van der Waals surface area contributed by atoms with Crippen molar-refractivity contribution in [3.63, 3.8) is 0 Å². The molecule has 0 atom stereocenters. The van der Waals surface area contributed by atoms with Gasteiger partial charge >= 0.3 is 0 Å². The first kappa shape index (κ1) is 14.6. The Morgan fingerprint density at radius 1 is 1.29 bits per heavy atom. The van der Waals surface area contributed by atoms with Gasteiger partial charge in [0.2, 0.25) is 0 Å². The summed E-state index contributed by atoms with van der Waals surface area (Å²) in [6.45, 7) is 6.19. The zero-order valence-electron chi connectivity index (χ0n) is 10.7. The summed E-state index contributed by atoms with van der Waals surface area (Å²) in [5.41, 5.74) is 1.19. The first-order chi connectivity index (χ1) is 8.33. The SMILES string of the molecule is COCCOCCCNCCc1csc(C)n1. The Morgan fingerprint density at radius 3 is 2.88 bits per heavy atom. The van der Waals surface area contributed by atoms with Crippen LogP contribution in [-0.2, 0) is 15.9 Å². The van der Waals surface area contributed by atoms with Gasteiger partial charge in [-0.15, -0.1) is 11.3 Å². The highest BCUT2D eigenvalue weighted by Gasteiger charge is 1.97. The van der Waals surface area contributed by atoms with Gasteiger partial charge in [-0.05, 0) is 19.9 Å². The van der Waals surface area contributed by atoms with Gasteiger partial charge < -0.3 is 14.8 Å². The predicted octanol–water partition coefficient (Wildman–Crippen LogP) is 1.64. The molecule has 0 aromatic carbocycles. The normalized spacial score (nSPS) is 10.9. The molecule has 0 aliphatic heterocycles. The van der Waals surface area contributed by atoms with Gasteiger partial charge in [0.25, 0.3) is 0 Å². The average molecular weight is 258 g/mol. The van der Waals surface area contributed by atoms with Crippen molar-refractivity contribution in [2.45, 2.75) is 19.8 Å². The van der Waals surface area contributed by atoms with Gasteiger partial charge in [-0.3, -0.25) is 0 Å². The maximum atomic E-state index is 5.37. The molecule has 0 unspecified atom stereocenters. The van der Waals surface area contributed by atoms with E-state index in [9.17, 15) is 0 Å². The van der Waals surface area contributed by atoms with E-state index in [2.05, 4.69) is 15.7 Å². The Balaban J connectivity index is 1.84. The van der Waals surface area contributed by atoms with Gasteiger partial charge in [-0.2, -0.15) is 0 Å². The average Bonchev–Trinajstić information content (AvgIpc) is 2.73. The number of nitrogens with one attached hydrogen (secondary N) is 1. The summed E-state index contributed by atoms with van der Waals surface area (Å²) in [6, 6.07) is 0. The van der Waals surface area contributed by atoms with E-state index in [1.807, 2.05) is 6.92 Å². The zero-order valence-corrected chi connectivity index (χ0v) is 11.5. The third-order valence-corrected chi connectivity index (χ3v) is 3.12. The Hall–Kier alpha value is -0.490. The van der Waals surface area contributed by atoms with Gasteiger partial charge in [0.1, 0.15) is 0 Å². The molecule has 4 nitrogen and oxygen atoms in total. The second-order valence-corrected chi connectivity index (χ2v) is 4.88. The van der Waals surface area contributed by atoms with Crippen molar-refractivity contribution < 1.29 is 9.47 Å². The van der Waals surface area contributed by atoms with Crippen molar-refractivity contribution in [1.82, 2.24) is 10.3 Å². The van der Waals surface area contributed by atoms with Gasteiger partial charge in [0.15, 0.2) is 0 Å². The maximum absolute atomic E-state index is 5.37. The van der Waals surface area contributed by atoms with Crippen molar-refractivity contribution in [3.8, 4) is 0 Å². The molecule has 1 aromatic heterocycles. The first-order valence-electron chi connectivity index (χ1n) is 6.01. The van der Waals surface area contributed by atoms with Gasteiger partial charge in [0, 0.05) is 32.1 Å². The van der Waals surface area contributed by atoms with E-state index >= 15 is 0 Å². The fourth-order valence-corrected chi connectivity index (χ4v) is 2.06. The van der Waals surface area contributed by atoms with E-state index in [4.69, 9.17) is 9.47 Å². The lowest BCUT2D eigenvalue weighted by atomic mass is 10.3. The first-order valence-corrected chi connectivity index (χ1v) is 6.89. The second kappa shape index (κ2) is 9.53. The van der Waals surface area contributed by atoms with Crippen LogP contribution in [0.25, 0.3) is 0 Å². The Morgan fingerprint density at radius 2 is 2.18 bits per heavy atom. The van der Waals surface area contributed by atoms with Gasteiger partial charge in [0.05, 0.1) is 23.9 Å². The van der Waals surface area contributed by atoms with E-state index in [0.717, 1.165) is 37.5 Å². The highest BCUT2D eigenvalue weighted by Crippen LogP contribution is 2.07. The van der Waals surface area contributed by atoms with Crippen LogP contribution in [0, 0.1) is 6.92 Å². The number of hydrogen-bond acceptors (Lipinski definition) is 5. The minimum Gasteiger partial charge on any atom is -0.382 e. The minimum absolute atomic E-state index is 0.677. The number of thiazole rings is 1. The number of aromatic nitrogens is 1. The third-order valence-electron chi connectivity index (χ3n) is 2.30. The van der Waals surface area contributed by atoms with Crippen LogP contribution >= 0.6 is 11.3 Å². The molecule has 98 valence electrons. The monoisotopic (exact) mass is 258 g/mol. The smallest absolute Gasteiger partial charge is 0.0897 e. The summed E-state index contributed by atoms with van der Waals surface area (Å²) in [6.07, 6.45) is 2.05. The molecule has 0 amide bonds. The largest absolute Gasteiger partial charge is 0.382 e. The Bertz CT molecular complexity index is 292. The quantitative estimate of drug-likeness (QED) is 0.648. The maximum Gasteiger partial charge on any atom is 0.0897 e. The summed E-state index contributed by atoms with van der Waals surface area (Å²) >= 11 is 1.71. The Labute approximate surface area is 107 Å². The highest BCUT2D eigenvalue weighted by atomic mass is 32.1. The van der Waals surface area contributed by atoms with Crippen molar-refractivity contribution >= 4 is 11.3 Å². The van der Waals surface area contributed by atoms with E-state index in [1.165, 1.54) is 5.69 Å². The van der Waals surface area contributed by atoms with E-state index in [1.54, 1.807) is 18.4 Å². The lowest BCUT2D eigenvalue weighted by Crippen LogP contribution is -2.20. The van der Waals surface area contributed by atoms with E-state index in [-0.39, 0.29) is 0 Å². The molecule has 0 saturated carbocycles. The number of rotatable bonds is 10. The molecular weight excluding hydrogens is 236 g/mol. The summed E-state index contributed by atoms with van der Waals surface area (Å²) in [7, 11) is 1.69. The molecule has 0 spiro atoms. The van der Waals surface area contributed by atoms with Crippen molar-refractivity contribution in [2.75, 3.05) is 40.0 Å². The van der Waals surface area contributed by atoms with Crippen LogP contribution in [0.15, 0.2) is 5.38 Å². The number of ether oxygens (including phenoxy) is 2. The number of methoxy groups -OCH3 is 1. The molecule has 0 aliphatic rings. The van der Waals surface area contributed by atoms with Crippen molar-refractivity contribution in [2.24, 2.45) is 0 Å². The number of nitrogens with zero attached hydrogens (tertiary/aromatic N) is 1. The van der Waals surface area contributed by atoms with Crippen molar-refractivity contribution in [1.29, 1.82) is 0 Å². The van der Waals surface area contributed by atoms with Crippen LogP contribution in [0.2, 0.25) is 0 Å². The number of aryl methyl sites for hydroxylation is 1. The summed E-state index contributed by atoms with van der Waals surface area (Å²) in [4.78, 5) is 4.42. The lowest BCUT2D eigenvalue weighted by Gasteiger charge is -2.04. The molecule has 0 radical (unpaired) electrons. The molecule has 17 heavy (non-hydrogen) atoms. The minimum atomic E-state index is 0.677. The molecule has 0 saturated heterocycles. The van der Waals surface area contributed by atoms with Crippen LogP contribution in [0.5, 0.6) is 0 Å². The molecule has 0 fully saturated rings. The fourth-order valence-electron chi connectivity index (χ4n) is 1.41. The van der Waals surface area contributed by atoms with E-state index < -0.39 is 0 Å². The standard InChI is InChI=1S/C12H22N2O2S/c1-11-14-12(10-17-11)4-6-13-5-3-7-16-9-8-15-2/h10,13H,3-9H2,1-2H3. The zero-order chi connectivity index (χ0) is 12.3. The molecule has 0 aliphatic carbocycles. The van der Waals surface area contributed by atoms with Crippen LogP contribution in [0.3, 0.4) is 0 Å². The lowest BCUT2D eigenvalue weighted by molar-refractivity contribution is 0.0695. The third kappa shape index (κ3) is 7.44. The fraction of sp³-hybridized carbons (Fsp3) is 0.750. The number of hydrogen-bond donors (Lipinski definition) is 1. The Kier molecular flexibility index (Phi) is 8.17. The van der Waals surface area contributed by atoms with E-state index in [0.29, 0.717) is 13.2 Å². The second-order valence-electron chi connectivity index (χ2n) is 3.82. The molecule has 1 N–H and O–H groups in total. The molecule has 1 heterocycles. The molecule has 1 aromatic rings.